The molecule has 108 valence electrons. The number of hydrogen-bond acceptors (Lipinski definition) is 1. The van der Waals surface area contributed by atoms with E-state index < -0.39 is 0 Å². The van der Waals surface area contributed by atoms with Gasteiger partial charge in [-0.1, -0.05) is 36.3 Å². The predicted molar refractivity (Wildman–Crippen MR) is 95.4 cm³/mol. The summed E-state index contributed by atoms with van der Waals surface area (Å²) in [6.45, 7) is 2.65. The Morgan fingerprint density at radius 1 is 1.45 bits per heavy atom. The third kappa shape index (κ3) is 4.71. The predicted octanol–water partition coefficient (Wildman–Crippen LogP) is 2.38. The van der Waals surface area contributed by atoms with Crippen molar-refractivity contribution in [1.29, 1.82) is 0 Å². The lowest BCUT2D eigenvalue weighted by Crippen LogP contribution is -2.40. The molecular formula is C16H22IN3. The van der Waals surface area contributed by atoms with E-state index in [-0.39, 0.29) is 24.0 Å². The molecule has 0 radical (unpaired) electrons. The van der Waals surface area contributed by atoms with Gasteiger partial charge in [-0.15, -0.1) is 30.4 Å². The van der Waals surface area contributed by atoms with Crippen molar-refractivity contribution < 1.29 is 0 Å². The second-order valence-electron chi connectivity index (χ2n) is 4.90. The van der Waals surface area contributed by atoms with E-state index in [4.69, 9.17) is 6.42 Å². The fourth-order valence-electron chi connectivity index (χ4n) is 2.60. The molecule has 1 unspecified atom stereocenters. The first-order valence-corrected chi connectivity index (χ1v) is 6.76. The Morgan fingerprint density at radius 2 is 2.20 bits per heavy atom. The second kappa shape index (κ2) is 8.85. The molecule has 4 heteroatoms. The summed E-state index contributed by atoms with van der Waals surface area (Å²) in [5, 5.41) is 3.19. The van der Waals surface area contributed by atoms with E-state index in [1.54, 1.807) is 0 Å². The number of likely N-dealkylation sites (tertiary alicyclic amines) is 1. The molecular weight excluding hydrogens is 361 g/mol. The highest BCUT2D eigenvalue weighted by atomic mass is 127. The van der Waals surface area contributed by atoms with Gasteiger partial charge in [0.05, 0.1) is 6.54 Å². The summed E-state index contributed by atoms with van der Waals surface area (Å²) in [5.41, 5.74) is 1.42. The average Bonchev–Trinajstić information content (AvgIpc) is 2.89. The first-order chi connectivity index (χ1) is 9.33. The fraction of sp³-hybridized carbons (Fsp3) is 0.438. The van der Waals surface area contributed by atoms with Gasteiger partial charge in [-0.2, -0.15) is 0 Å². The van der Waals surface area contributed by atoms with Crippen LogP contribution >= 0.6 is 24.0 Å². The molecule has 1 heterocycles. The highest BCUT2D eigenvalue weighted by molar-refractivity contribution is 14.0. The fourth-order valence-corrected chi connectivity index (χ4v) is 2.60. The van der Waals surface area contributed by atoms with Gasteiger partial charge < -0.3 is 10.2 Å². The van der Waals surface area contributed by atoms with E-state index in [1.165, 1.54) is 12.0 Å². The number of terminal acetylenes is 1. The van der Waals surface area contributed by atoms with Crippen molar-refractivity contribution >= 4 is 29.9 Å². The molecule has 0 bridgehead atoms. The van der Waals surface area contributed by atoms with E-state index in [2.05, 4.69) is 51.5 Å². The average molecular weight is 383 g/mol. The second-order valence-corrected chi connectivity index (χ2v) is 4.90. The number of nitrogens with zero attached hydrogens (tertiary/aromatic N) is 2. The highest BCUT2D eigenvalue weighted by Crippen LogP contribution is 2.20. The van der Waals surface area contributed by atoms with Crippen LogP contribution in [0.1, 0.15) is 12.0 Å². The third-order valence-electron chi connectivity index (χ3n) is 3.51. The van der Waals surface area contributed by atoms with Gasteiger partial charge in [0.25, 0.3) is 0 Å². The number of nitrogens with one attached hydrogen (secondary N) is 1. The van der Waals surface area contributed by atoms with Crippen molar-refractivity contribution in [2.24, 2.45) is 10.9 Å². The molecule has 0 aromatic heterocycles. The molecule has 0 saturated carbocycles. The molecule has 2 rings (SSSR count). The van der Waals surface area contributed by atoms with Crippen LogP contribution in [0.4, 0.5) is 0 Å². The summed E-state index contributed by atoms with van der Waals surface area (Å²) < 4.78 is 0. The van der Waals surface area contributed by atoms with E-state index in [0.29, 0.717) is 12.5 Å². The maximum Gasteiger partial charge on any atom is 0.194 e. The molecule has 0 aliphatic carbocycles. The molecule has 20 heavy (non-hydrogen) atoms. The Bertz CT molecular complexity index is 464. The standard InChI is InChI=1S/C16H21N3.HI/c1-3-10-18-16(17-2)19-11-9-15(13-19)12-14-7-5-4-6-8-14;/h1,4-8,15H,9-13H2,2H3,(H,17,18);1H. The number of aliphatic imine (C=N–C) groups is 1. The normalized spacial score (nSPS) is 18.3. The topological polar surface area (TPSA) is 27.6 Å². The van der Waals surface area contributed by atoms with Gasteiger partial charge in [-0.05, 0) is 24.3 Å². The van der Waals surface area contributed by atoms with Gasteiger partial charge >= 0.3 is 0 Å². The van der Waals surface area contributed by atoms with Crippen molar-refractivity contribution in [3.05, 3.63) is 35.9 Å². The Kier molecular flexibility index (Phi) is 7.45. The smallest absolute Gasteiger partial charge is 0.194 e. The Morgan fingerprint density at radius 3 is 2.85 bits per heavy atom. The van der Waals surface area contributed by atoms with Crippen LogP contribution < -0.4 is 5.32 Å². The van der Waals surface area contributed by atoms with E-state index >= 15 is 0 Å². The van der Waals surface area contributed by atoms with Gasteiger partial charge in [-0.3, -0.25) is 4.99 Å². The number of halogens is 1. The lowest BCUT2D eigenvalue weighted by atomic mass is 9.99. The maximum atomic E-state index is 5.27. The van der Waals surface area contributed by atoms with Crippen molar-refractivity contribution in [2.45, 2.75) is 12.8 Å². The lowest BCUT2D eigenvalue weighted by molar-refractivity contribution is 0.463. The number of rotatable bonds is 3. The van der Waals surface area contributed by atoms with Gasteiger partial charge in [0, 0.05) is 20.1 Å². The minimum absolute atomic E-state index is 0. The summed E-state index contributed by atoms with van der Waals surface area (Å²) in [7, 11) is 1.81. The van der Waals surface area contributed by atoms with Crippen molar-refractivity contribution in [2.75, 3.05) is 26.7 Å². The summed E-state index contributed by atoms with van der Waals surface area (Å²) in [5.74, 6) is 4.21. The van der Waals surface area contributed by atoms with Crippen LogP contribution in [0.25, 0.3) is 0 Å². The van der Waals surface area contributed by atoms with Crippen LogP contribution in [0.3, 0.4) is 0 Å². The van der Waals surface area contributed by atoms with Crippen LogP contribution in [0.5, 0.6) is 0 Å². The van der Waals surface area contributed by atoms with Crippen molar-refractivity contribution in [3.8, 4) is 12.3 Å². The Hall–Kier alpha value is -1.22. The molecule has 1 aliphatic heterocycles. The quantitative estimate of drug-likeness (QED) is 0.376. The largest absolute Gasteiger partial charge is 0.345 e. The van der Waals surface area contributed by atoms with E-state index in [0.717, 1.165) is 25.5 Å². The van der Waals surface area contributed by atoms with Gasteiger partial charge in [0.15, 0.2) is 5.96 Å². The zero-order chi connectivity index (χ0) is 13.5. The molecule has 1 N–H and O–H groups in total. The van der Waals surface area contributed by atoms with Crippen LogP contribution in [0.15, 0.2) is 35.3 Å². The van der Waals surface area contributed by atoms with Crippen LogP contribution in [-0.2, 0) is 6.42 Å². The number of guanidine groups is 1. The van der Waals surface area contributed by atoms with Gasteiger partial charge in [0.1, 0.15) is 0 Å². The maximum absolute atomic E-state index is 5.27. The summed E-state index contributed by atoms with van der Waals surface area (Å²) in [6, 6.07) is 10.7. The molecule has 3 nitrogen and oxygen atoms in total. The Balaban J connectivity index is 0.00000200. The van der Waals surface area contributed by atoms with Gasteiger partial charge in [0.2, 0.25) is 0 Å². The molecule has 1 fully saturated rings. The summed E-state index contributed by atoms with van der Waals surface area (Å²) >= 11 is 0. The zero-order valence-electron chi connectivity index (χ0n) is 11.9. The molecule has 1 aliphatic rings. The highest BCUT2D eigenvalue weighted by Gasteiger charge is 2.24. The molecule has 1 atom stereocenters. The first-order valence-electron chi connectivity index (χ1n) is 6.76. The van der Waals surface area contributed by atoms with E-state index in [9.17, 15) is 0 Å². The van der Waals surface area contributed by atoms with Crippen molar-refractivity contribution in [3.63, 3.8) is 0 Å². The van der Waals surface area contributed by atoms with Crippen LogP contribution in [0.2, 0.25) is 0 Å². The van der Waals surface area contributed by atoms with E-state index in [1.807, 2.05) is 7.05 Å². The first kappa shape index (κ1) is 16.8. The monoisotopic (exact) mass is 383 g/mol. The van der Waals surface area contributed by atoms with Crippen LogP contribution in [-0.4, -0.2) is 37.5 Å². The molecule has 1 aromatic carbocycles. The Labute approximate surface area is 138 Å². The lowest BCUT2D eigenvalue weighted by Gasteiger charge is -2.20. The minimum Gasteiger partial charge on any atom is -0.345 e. The molecule has 0 amide bonds. The summed E-state index contributed by atoms with van der Waals surface area (Å²) in [6.07, 6.45) is 7.63. The minimum atomic E-state index is 0. The molecule has 1 saturated heterocycles. The SMILES string of the molecule is C#CCNC(=NC)N1CCC(Cc2ccccc2)C1.I. The summed E-state index contributed by atoms with van der Waals surface area (Å²) in [4.78, 5) is 6.58. The molecule has 1 aromatic rings. The number of hydrogen-bond donors (Lipinski definition) is 1. The number of benzene rings is 1. The zero-order valence-corrected chi connectivity index (χ0v) is 14.2. The van der Waals surface area contributed by atoms with Gasteiger partial charge in [-0.25, -0.2) is 0 Å². The van der Waals surface area contributed by atoms with Crippen molar-refractivity contribution in [1.82, 2.24) is 10.2 Å². The molecule has 0 spiro atoms. The van der Waals surface area contributed by atoms with Crippen LogP contribution in [0, 0.1) is 18.3 Å². The third-order valence-corrected chi connectivity index (χ3v) is 3.51.